The van der Waals surface area contributed by atoms with Gasteiger partial charge in [-0.15, -0.1) is 0 Å². The van der Waals surface area contributed by atoms with E-state index in [2.05, 4.69) is 249 Å². The largest absolute Gasteiger partial charge is 0.228 e. The van der Waals surface area contributed by atoms with E-state index in [9.17, 15) is 0 Å². The molecule has 5 heteroatoms. The van der Waals surface area contributed by atoms with Crippen LogP contribution >= 0.6 is 0 Å². The molecule has 0 bridgehead atoms. The van der Waals surface area contributed by atoms with Gasteiger partial charge in [-0.1, -0.05) is 267 Å². The number of hydrogen-bond acceptors (Lipinski definition) is 5. The van der Waals surface area contributed by atoms with Crippen molar-refractivity contribution in [3.05, 3.63) is 273 Å². The average molecular weight is 944 g/mol. The third-order valence-corrected chi connectivity index (χ3v) is 13.8. The van der Waals surface area contributed by atoms with Gasteiger partial charge in [0.2, 0.25) is 0 Å². The second kappa shape index (κ2) is 19.3. The molecule has 0 amide bonds. The van der Waals surface area contributed by atoms with Gasteiger partial charge in [-0.25, -0.2) is 24.9 Å². The normalized spacial score (nSPS) is 11.2. The molecule has 0 unspecified atom stereocenters. The quantitative estimate of drug-likeness (QED) is 0.128. The third kappa shape index (κ3) is 8.59. The van der Waals surface area contributed by atoms with E-state index in [-0.39, 0.29) is 0 Å². The standard InChI is InChI=1S/C69H45N5/c1-5-17-46(18-6-1)50-29-37-54(38-30-50)62-45-63(55-39-31-51(32-40-55)47-19-7-2-8-20-47)71-68(70-62)64-58-25-13-15-27-60(58)65(61-28-16-14-26-59(61)64)69-73-66(56-41-33-52(34-42-56)48-21-9-3-10-22-48)72-67(74-69)57-43-35-53(36-44-57)49-23-11-4-12-24-49/h1-45H. The molecule has 2 heterocycles. The van der Waals surface area contributed by atoms with Gasteiger partial charge in [-0.3, -0.25) is 0 Å². The highest BCUT2D eigenvalue weighted by molar-refractivity contribution is 6.20. The van der Waals surface area contributed by atoms with Gasteiger partial charge in [0.1, 0.15) is 0 Å². The zero-order chi connectivity index (χ0) is 49.2. The monoisotopic (exact) mass is 943 g/mol. The molecular weight excluding hydrogens is 899 g/mol. The van der Waals surface area contributed by atoms with Gasteiger partial charge in [0.15, 0.2) is 23.3 Å². The Labute approximate surface area is 429 Å². The van der Waals surface area contributed by atoms with Crippen LogP contribution in [0.5, 0.6) is 0 Å². The minimum atomic E-state index is 0.579. The summed E-state index contributed by atoms with van der Waals surface area (Å²) in [6.07, 6.45) is 0. The first-order valence-electron chi connectivity index (χ1n) is 24.9. The van der Waals surface area contributed by atoms with Gasteiger partial charge in [0.25, 0.3) is 0 Å². The summed E-state index contributed by atoms with van der Waals surface area (Å²) in [6.45, 7) is 0. The van der Waals surface area contributed by atoms with Gasteiger partial charge < -0.3 is 0 Å². The first-order valence-corrected chi connectivity index (χ1v) is 24.9. The van der Waals surface area contributed by atoms with Crippen LogP contribution in [-0.4, -0.2) is 24.9 Å². The van der Waals surface area contributed by atoms with E-state index < -0.39 is 0 Å². The lowest BCUT2D eigenvalue weighted by Crippen LogP contribution is -2.02. The fraction of sp³-hybridized carbons (Fsp3) is 0. The van der Waals surface area contributed by atoms with Gasteiger partial charge in [0.05, 0.1) is 11.4 Å². The molecule has 0 aliphatic heterocycles. The Hall–Kier alpha value is -9.97. The van der Waals surface area contributed by atoms with Gasteiger partial charge in [-0.2, -0.15) is 0 Å². The number of aromatic nitrogens is 5. The lowest BCUT2D eigenvalue weighted by atomic mass is 9.90. The summed E-state index contributed by atoms with van der Waals surface area (Å²) in [5.74, 6) is 2.39. The fourth-order valence-corrected chi connectivity index (χ4v) is 10.0. The minimum absolute atomic E-state index is 0.579. The molecule has 0 fully saturated rings. The van der Waals surface area contributed by atoms with Gasteiger partial charge in [0, 0.05) is 33.4 Å². The predicted molar refractivity (Wildman–Crippen MR) is 305 cm³/mol. The summed E-state index contributed by atoms with van der Waals surface area (Å²) in [4.78, 5) is 26.9. The van der Waals surface area contributed by atoms with Gasteiger partial charge >= 0.3 is 0 Å². The first kappa shape index (κ1) is 44.0. The Kier molecular flexibility index (Phi) is 11.5. The van der Waals surface area contributed by atoms with Crippen molar-refractivity contribution >= 4 is 21.5 Å². The van der Waals surface area contributed by atoms with Crippen LogP contribution in [0.3, 0.4) is 0 Å². The van der Waals surface area contributed by atoms with Crippen LogP contribution in [0.1, 0.15) is 0 Å². The summed E-state index contributed by atoms with van der Waals surface area (Å²) < 4.78 is 0. The number of hydrogen-bond donors (Lipinski definition) is 0. The summed E-state index contributed by atoms with van der Waals surface area (Å²) in [7, 11) is 0. The maximum atomic E-state index is 5.48. The van der Waals surface area contributed by atoms with Crippen LogP contribution < -0.4 is 0 Å². The molecule has 0 spiro atoms. The molecular formula is C69H45N5. The van der Waals surface area contributed by atoms with Crippen molar-refractivity contribution in [1.29, 1.82) is 0 Å². The maximum absolute atomic E-state index is 5.48. The van der Waals surface area contributed by atoms with Crippen molar-refractivity contribution in [2.45, 2.75) is 0 Å². The van der Waals surface area contributed by atoms with E-state index >= 15 is 0 Å². The number of rotatable bonds is 10. The molecule has 13 aromatic rings. The van der Waals surface area contributed by atoms with Crippen LogP contribution in [0.15, 0.2) is 273 Å². The molecule has 346 valence electrons. The van der Waals surface area contributed by atoms with E-state index in [1.54, 1.807) is 0 Å². The second-order valence-corrected chi connectivity index (χ2v) is 18.4. The van der Waals surface area contributed by atoms with Crippen molar-refractivity contribution in [3.8, 4) is 113 Å². The van der Waals surface area contributed by atoms with E-state index in [4.69, 9.17) is 24.9 Å². The molecule has 0 atom stereocenters. The molecule has 11 aromatic carbocycles. The van der Waals surface area contributed by atoms with Crippen LogP contribution in [0.25, 0.3) is 134 Å². The number of fused-ring (bicyclic) bond motifs is 2. The van der Waals surface area contributed by atoms with Crippen LogP contribution in [0.2, 0.25) is 0 Å². The SMILES string of the molecule is c1ccc(-c2ccc(-c3cc(-c4ccc(-c5ccccc5)cc4)nc(-c4c5ccccc5c(-c5nc(-c6ccc(-c7ccccc7)cc6)nc(-c6ccc(-c7ccccc7)cc6)n5)c5ccccc45)n3)cc2)cc1. The Morgan fingerprint density at radius 3 is 0.676 bits per heavy atom. The topological polar surface area (TPSA) is 64.5 Å². The van der Waals surface area contributed by atoms with Crippen LogP contribution in [0.4, 0.5) is 0 Å². The van der Waals surface area contributed by atoms with Crippen LogP contribution in [0, 0.1) is 0 Å². The molecule has 0 N–H and O–H groups in total. The molecule has 13 rings (SSSR count). The fourth-order valence-electron chi connectivity index (χ4n) is 10.0. The summed E-state index contributed by atoms with van der Waals surface area (Å²) in [5.41, 5.74) is 16.5. The number of nitrogens with zero attached hydrogens (tertiary/aromatic N) is 5. The molecule has 0 aliphatic rings. The van der Waals surface area contributed by atoms with Crippen molar-refractivity contribution in [2.24, 2.45) is 0 Å². The number of benzene rings is 11. The lowest BCUT2D eigenvalue weighted by Gasteiger charge is -2.18. The summed E-state index contributed by atoms with van der Waals surface area (Å²) in [6, 6.07) is 95.3. The zero-order valence-corrected chi connectivity index (χ0v) is 40.2. The smallest absolute Gasteiger partial charge is 0.165 e. The molecule has 5 nitrogen and oxygen atoms in total. The molecule has 0 aliphatic carbocycles. The van der Waals surface area contributed by atoms with Gasteiger partial charge in [-0.05, 0) is 72.1 Å². The molecule has 74 heavy (non-hydrogen) atoms. The maximum Gasteiger partial charge on any atom is 0.165 e. The molecule has 0 saturated carbocycles. The van der Waals surface area contributed by atoms with E-state index in [0.29, 0.717) is 23.3 Å². The predicted octanol–water partition coefficient (Wildman–Crippen LogP) is 17.6. The van der Waals surface area contributed by atoms with Crippen molar-refractivity contribution in [2.75, 3.05) is 0 Å². The highest BCUT2D eigenvalue weighted by Crippen LogP contribution is 2.44. The second-order valence-electron chi connectivity index (χ2n) is 18.4. The highest BCUT2D eigenvalue weighted by Gasteiger charge is 2.23. The zero-order valence-electron chi connectivity index (χ0n) is 40.2. The Balaban J connectivity index is 0.999. The third-order valence-electron chi connectivity index (χ3n) is 13.8. The minimum Gasteiger partial charge on any atom is -0.228 e. The molecule has 0 saturated heterocycles. The van der Waals surface area contributed by atoms with E-state index in [1.165, 1.54) is 11.1 Å². The summed E-state index contributed by atoms with van der Waals surface area (Å²) >= 11 is 0. The molecule has 2 aromatic heterocycles. The Morgan fingerprint density at radius 1 is 0.162 bits per heavy atom. The van der Waals surface area contributed by atoms with Crippen molar-refractivity contribution in [3.63, 3.8) is 0 Å². The van der Waals surface area contributed by atoms with Crippen molar-refractivity contribution in [1.82, 2.24) is 24.9 Å². The first-order chi connectivity index (χ1) is 36.7. The Bertz CT molecular complexity index is 3580. The molecule has 0 radical (unpaired) electrons. The average Bonchev–Trinajstić information content (AvgIpc) is 3.49. The Morgan fingerprint density at radius 2 is 0.378 bits per heavy atom. The van der Waals surface area contributed by atoms with Crippen LogP contribution in [-0.2, 0) is 0 Å². The van der Waals surface area contributed by atoms with Crippen molar-refractivity contribution < 1.29 is 0 Å². The van der Waals surface area contributed by atoms with E-state index in [1.807, 2.05) is 24.3 Å². The van der Waals surface area contributed by atoms with E-state index in [0.717, 1.165) is 99.7 Å². The highest BCUT2D eigenvalue weighted by atomic mass is 15.0. The summed E-state index contributed by atoms with van der Waals surface area (Å²) in [5, 5.41) is 3.95. The lowest BCUT2D eigenvalue weighted by molar-refractivity contribution is 1.08.